The van der Waals surface area contributed by atoms with Crippen LogP contribution in [0.5, 0.6) is 0 Å². The van der Waals surface area contributed by atoms with Gasteiger partial charge in [0, 0.05) is 17.9 Å². The maximum atomic E-state index is 12.8. The van der Waals surface area contributed by atoms with Crippen molar-refractivity contribution < 1.29 is 13.2 Å². The molecule has 0 unspecified atom stereocenters. The van der Waals surface area contributed by atoms with E-state index in [2.05, 4.69) is 25.5 Å². The van der Waals surface area contributed by atoms with Gasteiger partial charge in [-0.05, 0) is 42.9 Å². The summed E-state index contributed by atoms with van der Waals surface area (Å²) in [5.74, 6) is 0.926. The Morgan fingerprint density at radius 2 is 1.86 bits per heavy atom. The highest BCUT2D eigenvalue weighted by Crippen LogP contribution is 2.64. The Morgan fingerprint density at radius 1 is 1.18 bits per heavy atom. The van der Waals surface area contributed by atoms with E-state index in [9.17, 15) is 13.2 Å². The summed E-state index contributed by atoms with van der Waals surface area (Å²) >= 11 is 0. The van der Waals surface area contributed by atoms with Crippen molar-refractivity contribution >= 4 is 15.8 Å². The van der Waals surface area contributed by atoms with Crippen LogP contribution in [0.15, 0.2) is 0 Å². The molecule has 5 heteroatoms. The lowest BCUT2D eigenvalue weighted by Gasteiger charge is -2.37. The molecule has 0 saturated heterocycles. The summed E-state index contributed by atoms with van der Waals surface area (Å²) in [6, 6.07) is 0.0481. The molecule has 4 atom stereocenters. The van der Waals surface area contributed by atoms with Crippen LogP contribution in [0.1, 0.15) is 65.7 Å². The second-order valence-corrected chi connectivity index (χ2v) is 10.2. The van der Waals surface area contributed by atoms with Crippen molar-refractivity contribution in [1.82, 2.24) is 4.72 Å². The molecule has 0 aromatic heterocycles. The van der Waals surface area contributed by atoms with Crippen molar-refractivity contribution in [3.8, 4) is 0 Å². The molecule has 126 valence electrons. The molecule has 3 rings (SSSR count). The highest BCUT2D eigenvalue weighted by Gasteiger charge is 2.65. The van der Waals surface area contributed by atoms with E-state index in [0.29, 0.717) is 18.3 Å². The Morgan fingerprint density at radius 3 is 2.41 bits per heavy atom. The van der Waals surface area contributed by atoms with E-state index < -0.39 is 15.4 Å². The van der Waals surface area contributed by atoms with Crippen molar-refractivity contribution in [3.63, 3.8) is 0 Å². The number of sulfonamides is 1. The summed E-state index contributed by atoms with van der Waals surface area (Å²) < 4.78 is 28.4. The molecule has 0 aliphatic heterocycles. The third-order valence-electron chi connectivity index (χ3n) is 7.02. The van der Waals surface area contributed by atoms with Gasteiger partial charge in [-0.2, -0.15) is 0 Å². The van der Waals surface area contributed by atoms with Crippen LogP contribution in [0, 0.1) is 22.7 Å². The lowest BCUT2D eigenvalue weighted by Crippen LogP contribution is -2.49. The van der Waals surface area contributed by atoms with E-state index in [1.165, 1.54) is 6.42 Å². The van der Waals surface area contributed by atoms with Gasteiger partial charge >= 0.3 is 0 Å². The van der Waals surface area contributed by atoms with Gasteiger partial charge in [-0.3, -0.25) is 4.79 Å². The molecule has 3 aliphatic carbocycles. The molecule has 3 fully saturated rings. The third kappa shape index (κ3) is 2.44. The molecule has 0 aromatic rings. The first-order valence-corrected chi connectivity index (χ1v) is 10.4. The quantitative estimate of drug-likeness (QED) is 0.863. The predicted molar refractivity (Wildman–Crippen MR) is 86.9 cm³/mol. The first-order chi connectivity index (χ1) is 10.2. The van der Waals surface area contributed by atoms with Gasteiger partial charge in [0.25, 0.3) is 0 Å². The first-order valence-electron chi connectivity index (χ1n) is 8.71. The number of rotatable bonds is 4. The van der Waals surface area contributed by atoms with E-state index >= 15 is 0 Å². The van der Waals surface area contributed by atoms with Crippen LogP contribution in [0.2, 0.25) is 0 Å². The minimum absolute atomic E-state index is 0.00838. The van der Waals surface area contributed by atoms with Crippen molar-refractivity contribution in [3.05, 3.63) is 0 Å². The Labute approximate surface area is 134 Å². The Hall–Kier alpha value is -0.420. The fraction of sp³-hybridized carbons (Fsp3) is 0.941. The summed E-state index contributed by atoms with van der Waals surface area (Å²) in [4.78, 5) is 12.5. The summed E-state index contributed by atoms with van der Waals surface area (Å²) in [6.07, 6.45) is 6.60. The van der Waals surface area contributed by atoms with E-state index in [0.717, 1.165) is 32.1 Å². The van der Waals surface area contributed by atoms with Crippen LogP contribution in [-0.4, -0.2) is 26.0 Å². The molecule has 2 bridgehead atoms. The minimum atomic E-state index is -3.42. The van der Waals surface area contributed by atoms with Gasteiger partial charge in [0.1, 0.15) is 5.78 Å². The van der Waals surface area contributed by atoms with Gasteiger partial charge in [-0.25, -0.2) is 13.1 Å². The summed E-state index contributed by atoms with van der Waals surface area (Å²) in [6.45, 7) is 6.31. The first kappa shape index (κ1) is 16.4. The van der Waals surface area contributed by atoms with Crippen LogP contribution in [0.4, 0.5) is 0 Å². The van der Waals surface area contributed by atoms with E-state index in [4.69, 9.17) is 0 Å². The van der Waals surface area contributed by atoms with Gasteiger partial charge in [0.2, 0.25) is 10.0 Å². The van der Waals surface area contributed by atoms with Crippen molar-refractivity contribution in [2.45, 2.75) is 71.8 Å². The number of nitrogens with one attached hydrogen (secondary N) is 1. The molecule has 3 aliphatic rings. The standard InChI is InChI=1S/C17H29NO3S/c1-12-6-4-5-7-14(12)18-22(20,21)11-17-9-8-13(10-15(17)19)16(17,2)3/h12-14,18H,4-11H2,1-3H3/t12-,13-,14-,17-/m0/s1. The van der Waals surface area contributed by atoms with Gasteiger partial charge in [-0.1, -0.05) is 33.6 Å². The number of ketones is 1. The topological polar surface area (TPSA) is 63.2 Å². The van der Waals surface area contributed by atoms with Crippen LogP contribution in [-0.2, 0) is 14.8 Å². The third-order valence-corrected chi connectivity index (χ3v) is 8.55. The molecule has 0 spiro atoms. The SMILES string of the molecule is C[C@H]1CCCC[C@@H]1NS(=O)(=O)C[C@@]12CC[C@@H](CC1=O)C2(C)C. The molecule has 1 N–H and O–H groups in total. The summed E-state index contributed by atoms with van der Waals surface area (Å²) in [5.41, 5.74) is -0.835. The minimum Gasteiger partial charge on any atom is -0.299 e. The van der Waals surface area contributed by atoms with E-state index in [1.807, 2.05) is 0 Å². The smallest absolute Gasteiger partial charge is 0.212 e. The number of carbonyl (C=O) groups excluding carboxylic acids is 1. The zero-order valence-corrected chi connectivity index (χ0v) is 14.8. The molecular weight excluding hydrogens is 298 g/mol. The molecule has 4 nitrogen and oxygen atoms in total. The van der Waals surface area contributed by atoms with Crippen molar-refractivity contribution in [2.24, 2.45) is 22.7 Å². The maximum Gasteiger partial charge on any atom is 0.212 e. The van der Waals surface area contributed by atoms with Gasteiger partial charge < -0.3 is 0 Å². The molecule has 0 aromatic carbocycles. The summed E-state index contributed by atoms with van der Waals surface area (Å²) in [5, 5.41) is 0. The van der Waals surface area contributed by atoms with Crippen LogP contribution in [0.3, 0.4) is 0 Å². The molecule has 3 saturated carbocycles. The van der Waals surface area contributed by atoms with Gasteiger partial charge in [-0.15, -0.1) is 0 Å². The monoisotopic (exact) mass is 327 g/mol. The highest BCUT2D eigenvalue weighted by atomic mass is 32.2. The second-order valence-electron chi connectivity index (χ2n) is 8.41. The normalized spacial score (nSPS) is 41.0. The Bertz CT molecular complexity index is 568. The van der Waals surface area contributed by atoms with E-state index in [1.54, 1.807) is 0 Å². The number of hydrogen-bond acceptors (Lipinski definition) is 3. The molecule has 0 radical (unpaired) electrons. The lowest BCUT2D eigenvalue weighted by molar-refractivity contribution is -0.128. The number of hydrogen-bond donors (Lipinski definition) is 1. The predicted octanol–water partition coefficient (Wildman–Crippen LogP) is 2.88. The number of carbonyl (C=O) groups is 1. The van der Waals surface area contributed by atoms with E-state index in [-0.39, 0.29) is 23.0 Å². The zero-order chi connectivity index (χ0) is 16.2. The van der Waals surface area contributed by atoms with Crippen LogP contribution < -0.4 is 4.72 Å². The van der Waals surface area contributed by atoms with Crippen LogP contribution in [0.25, 0.3) is 0 Å². The molecule has 22 heavy (non-hydrogen) atoms. The van der Waals surface area contributed by atoms with Gasteiger partial charge in [0.15, 0.2) is 0 Å². The Kier molecular flexibility index (Phi) is 3.96. The van der Waals surface area contributed by atoms with Crippen molar-refractivity contribution in [2.75, 3.05) is 5.75 Å². The zero-order valence-electron chi connectivity index (χ0n) is 14.0. The van der Waals surface area contributed by atoms with Gasteiger partial charge in [0.05, 0.1) is 5.75 Å². The number of Topliss-reactive ketones (excluding diaryl/α,β-unsaturated/α-hetero) is 1. The average molecular weight is 327 g/mol. The van der Waals surface area contributed by atoms with Crippen LogP contribution >= 0.6 is 0 Å². The molecule has 0 heterocycles. The molecular formula is C17H29NO3S. The second kappa shape index (κ2) is 5.30. The lowest BCUT2D eigenvalue weighted by atomic mass is 9.70. The highest BCUT2D eigenvalue weighted by molar-refractivity contribution is 7.89. The van der Waals surface area contributed by atoms with Crippen molar-refractivity contribution in [1.29, 1.82) is 0 Å². The molecule has 0 amide bonds. The average Bonchev–Trinajstić information content (AvgIpc) is 2.74. The summed E-state index contributed by atoms with van der Waals surface area (Å²) in [7, 11) is -3.42. The Balaban J connectivity index is 1.78. The largest absolute Gasteiger partial charge is 0.299 e. The number of fused-ring (bicyclic) bond motifs is 2. The fourth-order valence-electron chi connectivity index (χ4n) is 5.20. The maximum absolute atomic E-state index is 12.8. The fourth-order valence-corrected chi connectivity index (χ4v) is 7.42.